The molecule has 1 aromatic carbocycles. The number of carbonyl (C=O) groups excluding carboxylic acids is 1. The van der Waals surface area contributed by atoms with Gasteiger partial charge in [0.25, 0.3) is 5.91 Å². The van der Waals surface area contributed by atoms with Crippen molar-refractivity contribution >= 4 is 17.5 Å². The monoisotopic (exact) mass is 336 g/mol. The molecule has 0 aliphatic carbocycles. The zero-order chi connectivity index (χ0) is 16.2. The number of carbonyl (C=O) groups is 1. The predicted octanol–water partition coefficient (Wildman–Crippen LogP) is 3.02. The van der Waals surface area contributed by atoms with Crippen LogP contribution in [0.15, 0.2) is 18.2 Å². The third-order valence-corrected chi connectivity index (χ3v) is 5.30. The van der Waals surface area contributed by atoms with Crippen LogP contribution < -0.4 is 5.32 Å². The van der Waals surface area contributed by atoms with Gasteiger partial charge in [-0.05, 0) is 50.3 Å². The van der Waals surface area contributed by atoms with E-state index in [-0.39, 0.29) is 5.91 Å². The minimum atomic E-state index is 0.0939. The molecule has 2 heterocycles. The molecule has 2 aliphatic heterocycles. The van der Waals surface area contributed by atoms with Crippen molar-refractivity contribution in [2.75, 3.05) is 26.3 Å². The number of amides is 1. The Hall–Kier alpha value is -1.10. The van der Waals surface area contributed by atoms with E-state index in [0.29, 0.717) is 22.7 Å². The quantitative estimate of drug-likeness (QED) is 0.922. The van der Waals surface area contributed by atoms with Gasteiger partial charge >= 0.3 is 0 Å². The minimum absolute atomic E-state index is 0.0939. The number of benzene rings is 1. The first-order chi connectivity index (χ1) is 11.1. The maximum Gasteiger partial charge on any atom is 0.253 e. The maximum atomic E-state index is 12.6. The lowest BCUT2D eigenvalue weighted by molar-refractivity contribution is 0.0632. The average Bonchev–Trinajstić information content (AvgIpc) is 2.58. The Kier molecular flexibility index (Phi) is 5.57. The summed E-state index contributed by atoms with van der Waals surface area (Å²) in [6.45, 7) is 5.30. The highest BCUT2D eigenvalue weighted by molar-refractivity contribution is 6.31. The molecule has 3 rings (SSSR count). The minimum Gasteiger partial charge on any atom is -0.381 e. The molecule has 1 amide bonds. The van der Waals surface area contributed by atoms with E-state index < -0.39 is 0 Å². The lowest BCUT2D eigenvalue weighted by atomic mass is 10.0. The van der Waals surface area contributed by atoms with E-state index in [1.165, 1.54) is 0 Å². The van der Waals surface area contributed by atoms with Gasteiger partial charge in [-0.3, -0.25) is 4.79 Å². The number of halogens is 1. The molecule has 126 valence electrons. The number of hydrogen-bond donors (Lipinski definition) is 1. The molecule has 23 heavy (non-hydrogen) atoms. The molecular weight excluding hydrogens is 312 g/mol. The molecule has 5 heteroatoms. The summed E-state index contributed by atoms with van der Waals surface area (Å²) >= 11 is 6.14. The molecule has 0 spiro atoms. The van der Waals surface area contributed by atoms with Gasteiger partial charge < -0.3 is 15.0 Å². The standard InChI is InChI=1S/C18H25ClN2O2/c1-13-2-3-14(12-17(13)19)18(22)21-8-4-15(5-9-21)20-16-6-10-23-11-7-16/h2-3,12,15-16,20H,4-11H2,1H3. The Bertz CT molecular complexity index is 550. The Labute approximate surface area is 143 Å². The van der Waals surface area contributed by atoms with E-state index in [1.54, 1.807) is 6.07 Å². The molecule has 0 aromatic heterocycles. The van der Waals surface area contributed by atoms with Gasteiger partial charge in [-0.2, -0.15) is 0 Å². The average molecular weight is 337 g/mol. The summed E-state index contributed by atoms with van der Waals surface area (Å²) < 4.78 is 5.40. The van der Waals surface area contributed by atoms with Gasteiger partial charge in [0, 0.05) is 49.0 Å². The van der Waals surface area contributed by atoms with Crippen LogP contribution in [0.1, 0.15) is 41.6 Å². The van der Waals surface area contributed by atoms with Gasteiger partial charge in [0.15, 0.2) is 0 Å². The van der Waals surface area contributed by atoms with Crippen LogP contribution in [-0.2, 0) is 4.74 Å². The molecule has 2 fully saturated rings. The van der Waals surface area contributed by atoms with Crippen molar-refractivity contribution in [3.8, 4) is 0 Å². The molecule has 2 saturated heterocycles. The third-order valence-electron chi connectivity index (χ3n) is 4.89. The predicted molar refractivity (Wildman–Crippen MR) is 92.1 cm³/mol. The van der Waals surface area contributed by atoms with Gasteiger partial charge in [0.2, 0.25) is 0 Å². The molecule has 2 aliphatic rings. The fourth-order valence-corrected chi connectivity index (χ4v) is 3.54. The van der Waals surface area contributed by atoms with Gasteiger partial charge in [0.05, 0.1) is 0 Å². The van der Waals surface area contributed by atoms with E-state index in [4.69, 9.17) is 16.3 Å². The number of ether oxygens (including phenoxy) is 1. The molecule has 0 atom stereocenters. The zero-order valence-electron chi connectivity index (χ0n) is 13.7. The molecule has 0 bridgehead atoms. The summed E-state index contributed by atoms with van der Waals surface area (Å²) in [6.07, 6.45) is 4.23. The van der Waals surface area contributed by atoms with Gasteiger partial charge in [-0.25, -0.2) is 0 Å². The molecule has 0 saturated carbocycles. The lowest BCUT2D eigenvalue weighted by Crippen LogP contribution is -2.49. The third kappa shape index (κ3) is 4.25. The largest absolute Gasteiger partial charge is 0.381 e. The fraction of sp³-hybridized carbons (Fsp3) is 0.611. The van der Waals surface area contributed by atoms with Crippen molar-refractivity contribution < 1.29 is 9.53 Å². The van der Waals surface area contributed by atoms with Crippen LogP contribution in [0.25, 0.3) is 0 Å². The van der Waals surface area contributed by atoms with Gasteiger partial charge in [-0.15, -0.1) is 0 Å². The van der Waals surface area contributed by atoms with Crippen molar-refractivity contribution in [2.45, 2.75) is 44.7 Å². The van der Waals surface area contributed by atoms with Crippen LogP contribution in [0.5, 0.6) is 0 Å². The highest BCUT2D eigenvalue weighted by atomic mass is 35.5. The van der Waals surface area contributed by atoms with Crippen LogP contribution in [0.4, 0.5) is 0 Å². The molecule has 1 aromatic rings. The Morgan fingerprint density at radius 2 is 1.83 bits per heavy atom. The van der Waals surface area contributed by atoms with Crippen molar-refractivity contribution in [3.05, 3.63) is 34.3 Å². The van der Waals surface area contributed by atoms with Crippen LogP contribution in [0.3, 0.4) is 0 Å². The first kappa shape index (κ1) is 16.7. The number of aryl methyl sites for hydroxylation is 1. The highest BCUT2D eigenvalue weighted by Gasteiger charge is 2.26. The van der Waals surface area contributed by atoms with Crippen molar-refractivity contribution in [1.29, 1.82) is 0 Å². The summed E-state index contributed by atoms with van der Waals surface area (Å²) in [6, 6.07) is 6.66. The summed E-state index contributed by atoms with van der Waals surface area (Å²) in [5.74, 6) is 0.0939. The Morgan fingerprint density at radius 3 is 2.48 bits per heavy atom. The smallest absolute Gasteiger partial charge is 0.253 e. The number of piperidine rings is 1. The number of rotatable bonds is 3. The van der Waals surface area contributed by atoms with Crippen LogP contribution >= 0.6 is 11.6 Å². The van der Waals surface area contributed by atoms with E-state index in [1.807, 2.05) is 24.0 Å². The summed E-state index contributed by atoms with van der Waals surface area (Å²) in [5, 5.41) is 4.39. The number of hydrogen-bond acceptors (Lipinski definition) is 3. The molecule has 1 N–H and O–H groups in total. The number of likely N-dealkylation sites (tertiary alicyclic amines) is 1. The summed E-state index contributed by atoms with van der Waals surface area (Å²) in [7, 11) is 0. The lowest BCUT2D eigenvalue weighted by Gasteiger charge is -2.35. The second kappa shape index (κ2) is 7.65. The summed E-state index contributed by atoms with van der Waals surface area (Å²) in [4.78, 5) is 14.5. The van der Waals surface area contributed by atoms with E-state index in [9.17, 15) is 4.79 Å². The first-order valence-electron chi connectivity index (χ1n) is 8.52. The number of nitrogens with zero attached hydrogens (tertiary/aromatic N) is 1. The Morgan fingerprint density at radius 1 is 1.17 bits per heavy atom. The van der Waals surface area contributed by atoms with Crippen LogP contribution in [0, 0.1) is 6.92 Å². The van der Waals surface area contributed by atoms with Crippen LogP contribution in [-0.4, -0.2) is 49.2 Å². The van der Waals surface area contributed by atoms with Gasteiger partial charge in [0.1, 0.15) is 0 Å². The first-order valence-corrected chi connectivity index (χ1v) is 8.90. The van der Waals surface area contributed by atoms with Gasteiger partial charge in [-0.1, -0.05) is 17.7 Å². The van der Waals surface area contributed by atoms with Crippen LogP contribution in [0.2, 0.25) is 5.02 Å². The zero-order valence-corrected chi connectivity index (χ0v) is 14.4. The molecule has 0 radical (unpaired) electrons. The number of nitrogens with one attached hydrogen (secondary N) is 1. The normalized spacial score (nSPS) is 20.7. The summed E-state index contributed by atoms with van der Waals surface area (Å²) in [5.41, 5.74) is 1.69. The molecule has 4 nitrogen and oxygen atoms in total. The molecule has 0 unspecified atom stereocenters. The van der Waals surface area contributed by atoms with Crippen molar-refractivity contribution in [1.82, 2.24) is 10.2 Å². The SMILES string of the molecule is Cc1ccc(C(=O)N2CCC(NC3CCOCC3)CC2)cc1Cl. The van der Waals surface area contributed by atoms with E-state index in [0.717, 1.165) is 57.6 Å². The van der Waals surface area contributed by atoms with E-state index in [2.05, 4.69) is 5.32 Å². The molecular formula is C18H25ClN2O2. The second-order valence-corrected chi connectivity index (χ2v) is 6.99. The van der Waals surface area contributed by atoms with Crippen molar-refractivity contribution in [3.63, 3.8) is 0 Å². The highest BCUT2D eigenvalue weighted by Crippen LogP contribution is 2.20. The maximum absolute atomic E-state index is 12.6. The Balaban J connectivity index is 1.51. The fourth-order valence-electron chi connectivity index (χ4n) is 3.36. The van der Waals surface area contributed by atoms with Crippen molar-refractivity contribution in [2.24, 2.45) is 0 Å². The second-order valence-electron chi connectivity index (χ2n) is 6.58. The van der Waals surface area contributed by atoms with E-state index >= 15 is 0 Å². The topological polar surface area (TPSA) is 41.6 Å².